The maximum absolute atomic E-state index is 6.19. The molecule has 0 N–H and O–H groups in total. The number of anilines is 1. The van der Waals surface area contributed by atoms with Crippen molar-refractivity contribution in [1.82, 2.24) is 9.47 Å². The van der Waals surface area contributed by atoms with Crippen LogP contribution in [-0.4, -0.2) is 42.7 Å². The molecule has 0 aliphatic carbocycles. The molecule has 1 aromatic heterocycles. The fourth-order valence-corrected chi connectivity index (χ4v) is 4.10. The van der Waals surface area contributed by atoms with Crippen LogP contribution in [0.1, 0.15) is 31.2 Å². The van der Waals surface area contributed by atoms with Crippen LogP contribution in [0.5, 0.6) is 5.75 Å². The summed E-state index contributed by atoms with van der Waals surface area (Å²) in [5, 5.41) is 2.55. The molecule has 1 saturated heterocycles. The molecule has 4 rings (SSSR count). The van der Waals surface area contributed by atoms with Crippen molar-refractivity contribution in [3.8, 4) is 5.75 Å². The number of hydrogen-bond donors (Lipinski definition) is 0. The Balaban J connectivity index is 1.56. The Morgan fingerprint density at radius 3 is 2.43 bits per heavy atom. The summed E-state index contributed by atoms with van der Waals surface area (Å²) in [5.74, 6) is 1.45. The van der Waals surface area contributed by atoms with E-state index < -0.39 is 0 Å². The van der Waals surface area contributed by atoms with E-state index >= 15 is 0 Å². The largest absolute Gasteiger partial charge is 0.487 e. The highest BCUT2D eigenvalue weighted by Gasteiger charge is 2.16. The van der Waals surface area contributed by atoms with Crippen LogP contribution in [0.2, 0.25) is 0 Å². The molecule has 0 unspecified atom stereocenters. The van der Waals surface area contributed by atoms with Crippen LogP contribution in [0.3, 0.4) is 0 Å². The van der Waals surface area contributed by atoms with E-state index in [1.807, 2.05) is 0 Å². The standard InChI is InChI=1S/C24H31N3O/c1-18(2)23-11-9-20(26(23)4)17-28-21-10-8-19-6-5-7-24(22(19)16-21)27-14-12-25(3)13-15-27/h5-11,16,18H,12-15,17H2,1-4H3. The third-order valence-electron chi connectivity index (χ3n) is 5.92. The van der Waals surface area contributed by atoms with Gasteiger partial charge in [-0.2, -0.15) is 0 Å². The van der Waals surface area contributed by atoms with E-state index in [4.69, 9.17) is 4.74 Å². The second-order valence-electron chi connectivity index (χ2n) is 8.20. The van der Waals surface area contributed by atoms with E-state index in [1.165, 1.54) is 27.8 Å². The minimum absolute atomic E-state index is 0.519. The maximum Gasteiger partial charge on any atom is 0.128 e. The Morgan fingerprint density at radius 2 is 1.71 bits per heavy atom. The van der Waals surface area contributed by atoms with Gasteiger partial charge in [0.15, 0.2) is 0 Å². The molecule has 2 heterocycles. The molecule has 148 valence electrons. The van der Waals surface area contributed by atoms with E-state index in [-0.39, 0.29) is 0 Å². The first-order valence-electron chi connectivity index (χ1n) is 10.3. The lowest BCUT2D eigenvalue weighted by Crippen LogP contribution is -2.44. The first kappa shape index (κ1) is 18.9. The van der Waals surface area contributed by atoms with E-state index in [0.29, 0.717) is 12.5 Å². The van der Waals surface area contributed by atoms with E-state index in [0.717, 1.165) is 31.9 Å². The van der Waals surface area contributed by atoms with E-state index in [1.54, 1.807) is 0 Å². The number of hydrogen-bond acceptors (Lipinski definition) is 3. The summed E-state index contributed by atoms with van der Waals surface area (Å²) >= 11 is 0. The number of nitrogens with zero attached hydrogens (tertiary/aromatic N) is 3. The van der Waals surface area contributed by atoms with Crippen molar-refractivity contribution in [3.05, 3.63) is 59.9 Å². The van der Waals surface area contributed by atoms with Crippen molar-refractivity contribution in [2.24, 2.45) is 7.05 Å². The van der Waals surface area contributed by atoms with Gasteiger partial charge in [-0.15, -0.1) is 0 Å². The number of rotatable bonds is 5. The van der Waals surface area contributed by atoms with Gasteiger partial charge in [-0.1, -0.05) is 32.0 Å². The van der Waals surface area contributed by atoms with Crippen LogP contribution in [0.4, 0.5) is 5.69 Å². The highest BCUT2D eigenvalue weighted by atomic mass is 16.5. The molecule has 1 aliphatic rings. The molecular weight excluding hydrogens is 346 g/mol. The van der Waals surface area contributed by atoms with Gasteiger partial charge in [0.05, 0.1) is 5.69 Å². The molecule has 2 aromatic carbocycles. The molecule has 4 nitrogen and oxygen atoms in total. The number of ether oxygens (including phenoxy) is 1. The van der Waals surface area contributed by atoms with Crippen molar-refractivity contribution in [2.45, 2.75) is 26.4 Å². The van der Waals surface area contributed by atoms with Crippen LogP contribution >= 0.6 is 0 Å². The first-order valence-corrected chi connectivity index (χ1v) is 10.3. The third kappa shape index (κ3) is 3.74. The van der Waals surface area contributed by atoms with Gasteiger partial charge < -0.3 is 19.1 Å². The summed E-state index contributed by atoms with van der Waals surface area (Å²) in [5.41, 5.74) is 3.86. The summed E-state index contributed by atoms with van der Waals surface area (Å²) in [6, 6.07) is 17.4. The number of piperazine rings is 1. The maximum atomic E-state index is 6.19. The number of benzene rings is 2. The van der Waals surface area contributed by atoms with Gasteiger partial charge in [-0.05, 0) is 48.7 Å². The van der Waals surface area contributed by atoms with Gasteiger partial charge in [-0.3, -0.25) is 0 Å². The zero-order valence-electron chi connectivity index (χ0n) is 17.5. The van der Waals surface area contributed by atoms with Gasteiger partial charge >= 0.3 is 0 Å². The predicted octanol–water partition coefficient (Wildman–Crippen LogP) is 4.63. The van der Waals surface area contributed by atoms with Crippen LogP contribution in [0, 0.1) is 0 Å². The molecule has 28 heavy (non-hydrogen) atoms. The lowest BCUT2D eigenvalue weighted by atomic mass is 10.1. The van der Waals surface area contributed by atoms with Crippen molar-refractivity contribution in [1.29, 1.82) is 0 Å². The Hall–Kier alpha value is -2.46. The first-order chi connectivity index (χ1) is 13.5. The zero-order chi connectivity index (χ0) is 19.7. The molecule has 3 aromatic rings. The molecule has 0 spiro atoms. The molecule has 0 radical (unpaired) electrons. The third-order valence-corrected chi connectivity index (χ3v) is 5.92. The molecule has 0 amide bonds. The monoisotopic (exact) mass is 377 g/mol. The van der Waals surface area contributed by atoms with Crippen LogP contribution in [0.25, 0.3) is 10.8 Å². The Bertz CT molecular complexity index is 952. The smallest absolute Gasteiger partial charge is 0.128 e. The normalized spacial score (nSPS) is 15.5. The summed E-state index contributed by atoms with van der Waals surface area (Å²) < 4.78 is 8.44. The number of likely N-dealkylation sites (N-methyl/N-ethyl adjacent to an activating group) is 1. The molecular formula is C24H31N3O. The lowest BCUT2D eigenvalue weighted by Gasteiger charge is -2.34. The quantitative estimate of drug-likeness (QED) is 0.647. The van der Waals surface area contributed by atoms with Crippen molar-refractivity contribution < 1.29 is 4.74 Å². The SMILES string of the molecule is CC(C)c1ccc(COc2ccc3cccc(N4CCN(C)CC4)c3c2)n1C. The molecule has 0 saturated carbocycles. The molecule has 4 heteroatoms. The van der Waals surface area contributed by atoms with Gasteiger partial charge in [0.2, 0.25) is 0 Å². The van der Waals surface area contributed by atoms with Crippen LogP contribution < -0.4 is 9.64 Å². The van der Waals surface area contributed by atoms with Gasteiger partial charge in [-0.25, -0.2) is 0 Å². The number of aromatic nitrogens is 1. The fourth-order valence-electron chi connectivity index (χ4n) is 4.10. The topological polar surface area (TPSA) is 20.6 Å². The summed E-state index contributed by atoms with van der Waals surface area (Å²) in [6.45, 7) is 9.40. The van der Waals surface area contributed by atoms with E-state index in [9.17, 15) is 0 Å². The fraction of sp³-hybridized carbons (Fsp3) is 0.417. The minimum atomic E-state index is 0.519. The molecule has 0 atom stereocenters. The zero-order valence-corrected chi connectivity index (χ0v) is 17.5. The highest BCUT2D eigenvalue weighted by molar-refractivity contribution is 5.95. The van der Waals surface area contributed by atoms with Crippen LogP contribution in [0.15, 0.2) is 48.5 Å². The molecule has 0 bridgehead atoms. The average Bonchev–Trinajstić information content (AvgIpc) is 3.07. The number of fused-ring (bicyclic) bond motifs is 1. The van der Waals surface area contributed by atoms with Crippen LogP contribution in [-0.2, 0) is 13.7 Å². The minimum Gasteiger partial charge on any atom is -0.487 e. The Morgan fingerprint density at radius 1 is 0.929 bits per heavy atom. The van der Waals surface area contributed by atoms with Crippen molar-refractivity contribution >= 4 is 16.5 Å². The van der Waals surface area contributed by atoms with Gasteiger partial charge in [0, 0.05) is 50.0 Å². The summed E-state index contributed by atoms with van der Waals surface area (Å²) in [6.07, 6.45) is 0. The van der Waals surface area contributed by atoms with E-state index in [2.05, 4.69) is 90.8 Å². The second-order valence-corrected chi connectivity index (χ2v) is 8.20. The second kappa shape index (κ2) is 7.88. The molecule has 1 aliphatic heterocycles. The predicted molar refractivity (Wildman–Crippen MR) is 117 cm³/mol. The van der Waals surface area contributed by atoms with Gasteiger partial charge in [0.25, 0.3) is 0 Å². The highest BCUT2D eigenvalue weighted by Crippen LogP contribution is 2.31. The molecule has 1 fully saturated rings. The van der Waals surface area contributed by atoms with Gasteiger partial charge in [0.1, 0.15) is 12.4 Å². The average molecular weight is 378 g/mol. The Labute approximate surface area is 168 Å². The van der Waals surface area contributed by atoms with Crippen molar-refractivity contribution in [3.63, 3.8) is 0 Å². The van der Waals surface area contributed by atoms with Crippen molar-refractivity contribution in [2.75, 3.05) is 38.1 Å². The Kier molecular flexibility index (Phi) is 5.31. The lowest BCUT2D eigenvalue weighted by molar-refractivity contribution is 0.297. The summed E-state index contributed by atoms with van der Waals surface area (Å²) in [7, 11) is 4.32. The summed E-state index contributed by atoms with van der Waals surface area (Å²) in [4.78, 5) is 4.89.